The van der Waals surface area contributed by atoms with Gasteiger partial charge in [-0.25, -0.2) is 4.79 Å². The monoisotopic (exact) mass is 334 g/mol. The number of likely N-dealkylation sites (tertiary alicyclic amines) is 1. The molecule has 1 heterocycles. The van der Waals surface area contributed by atoms with Crippen LogP contribution < -0.4 is 5.32 Å². The molecule has 0 bridgehead atoms. The fourth-order valence-corrected chi connectivity index (χ4v) is 3.22. The maximum Gasteiger partial charge on any atom is 0.407 e. The highest BCUT2D eigenvalue weighted by Gasteiger charge is 2.57. The van der Waals surface area contributed by atoms with E-state index in [-0.39, 0.29) is 40.8 Å². The van der Waals surface area contributed by atoms with Crippen molar-refractivity contribution in [3.05, 3.63) is 23.8 Å². The lowest BCUT2D eigenvalue weighted by molar-refractivity contribution is 0.0513. The Morgan fingerprint density at radius 3 is 2.38 bits per heavy atom. The molecule has 1 saturated carbocycles. The van der Waals surface area contributed by atoms with Gasteiger partial charge in [0.05, 0.1) is 5.56 Å². The number of nitrogens with zero attached hydrogens (tertiary/aromatic N) is 1. The van der Waals surface area contributed by atoms with Gasteiger partial charge in [0.2, 0.25) is 0 Å². The van der Waals surface area contributed by atoms with Crippen LogP contribution in [-0.4, -0.2) is 51.8 Å². The van der Waals surface area contributed by atoms with E-state index >= 15 is 0 Å². The van der Waals surface area contributed by atoms with Crippen LogP contribution in [0.3, 0.4) is 0 Å². The number of carbonyl (C=O) groups excluding carboxylic acids is 2. The molecule has 0 spiro atoms. The number of aromatic hydroxyl groups is 2. The number of benzene rings is 1. The van der Waals surface area contributed by atoms with Crippen molar-refractivity contribution in [2.24, 2.45) is 11.8 Å². The molecule has 130 valence electrons. The van der Waals surface area contributed by atoms with Gasteiger partial charge in [-0.1, -0.05) is 0 Å². The molecular weight excluding hydrogens is 312 g/mol. The van der Waals surface area contributed by atoms with Gasteiger partial charge >= 0.3 is 6.09 Å². The second-order valence-corrected chi connectivity index (χ2v) is 7.41. The second-order valence-electron chi connectivity index (χ2n) is 7.41. The first kappa shape index (κ1) is 16.4. The molecule has 2 fully saturated rings. The van der Waals surface area contributed by atoms with E-state index in [1.165, 1.54) is 12.1 Å². The molecule has 0 aromatic heterocycles. The Kier molecular flexibility index (Phi) is 3.81. The van der Waals surface area contributed by atoms with Crippen molar-refractivity contribution in [2.45, 2.75) is 32.4 Å². The zero-order valence-corrected chi connectivity index (χ0v) is 13.9. The number of alkyl carbamates (subject to hydrolysis) is 1. The van der Waals surface area contributed by atoms with Crippen molar-refractivity contribution in [3.63, 3.8) is 0 Å². The van der Waals surface area contributed by atoms with Crippen LogP contribution in [0.1, 0.15) is 31.1 Å². The summed E-state index contributed by atoms with van der Waals surface area (Å²) in [5.41, 5.74) is -0.363. The van der Waals surface area contributed by atoms with Crippen molar-refractivity contribution in [1.29, 1.82) is 0 Å². The number of rotatable bonds is 2. The fraction of sp³-hybridized carbons (Fsp3) is 0.529. The molecule has 1 unspecified atom stereocenters. The van der Waals surface area contributed by atoms with Crippen LogP contribution in [0.5, 0.6) is 11.5 Å². The number of phenols is 2. The van der Waals surface area contributed by atoms with Gasteiger partial charge in [-0.05, 0) is 32.9 Å². The Morgan fingerprint density at radius 1 is 1.21 bits per heavy atom. The van der Waals surface area contributed by atoms with Gasteiger partial charge in [-0.2, -0.15) is 0 Å². The summed E-state index contributed by atoms with van der Waals surface area (Å²) in [6.07, 6.45) is -0.434. The van der Waals surface area contributed by atoms with E-state index in [1.807, 2.05) is 20.8 Å². The number of ether oxygens (including phenoxy) is 1. The highest BCUT2D eigenvalue weighted by Crippen LogP contribution is 2.46. The molecule has 1 aromatic carbocycles. The Labute approximate surface area is 140 Å². The first-order valence-electron chi connectivity index (χ1n) is 7.96. The normalized spacial score (nSPS) is 25.1. The first-order valence-corrected chi connectivity index (χ1v) is 7.96. The van der Waals surface area contributed by atoms with E-state index in [1.54, 1.807) is 4.90 Å². The summed E-state index contributed by atoms with van der Waals surface area (Å²) in [5.74, 6) is -0.142. The molecule has 3 rings (SSSR count). The quantitative estimate of drug-likeness (QED) is 0.764. The van der Waals surface area contributed by atoms with Crippen molar-refractivity contribution in [1.82, 2.24) is 10.2 Å². The van der Waals surface area contributed by atoms with Crippen LogP contribution in [0.25, 0.3) is 0 Å². The number of fused-ring (bicyclic) bond motifs is 1. The van der Waals surface area contributed by atoms with E-state index in [9.17, 15) is 19.8 Å². The summed E-state index contributed by atoms with van der Waals surface area (Å²) >= 11 is 0. The van der Waals surface area contributed by atoms with E-state index in [0.717, 1.165) is 6.07 Å². The largest absolute Gasteiger partial charge is 0.508 e. The number of phenolic OH excluding ortho intramolecular Hbond substituents is 2. The summed E-state index contributed by atoms with van der Waals surface area (Å²) in [7, 11) is 0. The number of carbonyl (C=O) groups is 2. The third-order valence-corrected chi connectivity index (χ3v) is 4.38. The summed E-state index contributed by atoms with van der Waals surface area (Å²) < 4.78 is 5.24. The van der Waals surface area contributed by atoms with Gasteiger partial charge in [-0.15, -0.1) is 0 Å². The van der Waals surface area contributed by atoms with Gasteiger partial charge in [-0.3, -0.25) is 4.79 Å². The van der Waals surface area contributed by atoms with Crippen LogP contribution in [0, 0.1) is 11.8 Å². The minimum Gasteiger partial charge on any atom is -0.508 e. The lowest BCUT2D eigenvalue weighted by atomic mass is 10.1. The van der Waals surface area contributed by atoms with Crippen molar-refractivity contribution < 1.29 is 24.5 Å². The van der Waals surface area contributed by atoms with Crippen LogP contribution in [-0.2, 0) is 4.74 Å². The standard InChI is InChI=1S/C17H22N2O5/c1-17(2,3)24-16(23)18-14-11-7-19(8-12(11)14)15(22)10-5-4-9(20)6-13(10)21/h4-6,11-12,14,20-21H,7-8H2,1-3H3,(H,18,23)/t11-,12+,14?. The van der Waals surface area contributed by atoms with Crippen LogP contribution in [0.4, 0.5) is 4.79 Å². The highest BCUT2D eigenvalue weighted by atomic mass is 16.6. The summed E-state index contributed by atoms with van der Waals surface area (Å²) in [4.78, 5) is 25.9. The van der Waals surface area contributed by atoms with Gasteiger partial charge in [0, 0.05) is 37.0 Å². The number of hydrogen-bond donors (Lipinski definition) is 3. The summed E-state index contributed by atoms with van der Waals surface area (Å²) in [6.45, 7) is 6.50. The molecule has 2 aliphatic rings. The van der Waals surface area contributed by atoms with Gasteiger partial charge in [0.1, 0.15) is 17.1 Å². The molecule has 2 amide bonds. The first-order chi connectivity index (χ1) is 11.2. The topological polar surface area (TPSA) is 99.1 Å². The number of amides is 2. The molecule has 3 N–H and O–H groups in total. The van der Waals surface area contributed by atoms with E-state index in [2.05, 4.69) is 5.32 Å². The fourth-order valence-electron chi connectivity index (χ4n) is 3.22. The molecule has 1 aromatic rings. The van der Waals surface area contributed by atoms with E-state index in [4.69, 9.17) is 4.74 Å². The molecule has 7 nitrogen and oxygen atoms in total. The molecule has 1 aliphatic heterocycles. The molecule has 1 aliphatic carbocycles. The number of piperidine rings is 1. The second kappa shape index (κ2) is 5.58. The van der Waals surface area contributed by atoms with Gasteiger partial charge < -0.3 is 25.2 Å². The number of nitrogens with one attached hydrogen (secondary N) is 1. The minimum absolute atomic E-state index is 0.0392. The predicted octanol–water partition coefficient (Wildman–Crippen LogP) is 1.69. The molecule has 7 heteroatoms. The van der Waals surface area contributed by atoms with Crippen LogP contribution in [0.15, 0.2) is 18.2 Å². The molecule has 1 saturated heterocycles. The average molecular weight is 334 g/mol. The van der Waals surface area contributed by atoms with Gasteiger partial charge in [0.25, 0.3) is 5.91 Å². The third kappa shape index (κ3) is 3.25. The smallest absolute Gasteiger partial charge is 0.407 e. The SMILES string of the molecule is CC(C)(C)OC(=O)NC1[C@H]2CN(C(=O)c3ccc(O)cc3O)C[C@@H]12. The Hall–Kier alpha value is -2.44. The Balaban J connectivity index is 1.54. The molecular formula is C17H22N2O5. The van der Waals surface area contributed by atoms with Crippen molar-refractivity contribution in [2.75, 3.05) is 13.1 Å². The van der Waals surface area contributed by atoms with Crippen LogP contribution >= 0.6 is 0 Å². The molecule has 0 radical (unpaired) electrons. The zero-order chi connectivity index (χ0) is 17.6. The maximum atomic E-state index is 12.4. The third-order valence-electron chi connectivity index (χ3n) is 4.38. The van der Waals surface area contributed by atoms with Gasteiger partial charge in [0.15, 0.2) is 0 Å². The Morgan fingerprint density at radius 2 is 1.83 bits per heavy atom. The molecule has 24 heavy (non-hydrogen) atoms. The number of hydrogen-bond acceptors (Lipinski definition) is 5. The summed E-state index contributed by atoms with van der Waals surface area (Å²) in [5, 5.41) is 21.9. The van der Waals surface area contributed by atoms with Crippen LogP contribution in [0.2, 0.25) is 0 Å². The summed E-state index contributed by atoms with van der Waals surface area (Å²) in [6, 6.07) is 3.97. The lowest BCUT2D eigenvalue weighted by Gasteiger charge is -2.22. The molecule has 3 atom stereocenters. The van der Waals surface area contributed by atoms with E-state index < -0.39 is 11.7 Å². The highest BCUT2D eigenvalue weighted by molar-refractivity contribution is 5.97. The lowest BCUT2D eigenvalue weighted by Crippen LogP contribution is -2.39. The van der Waals surface area contributed by atoms with Crippen molar-refractivity contribution >= 4 is 12.0 Å². The minimum atomic E-state index is -0.535. The average Bonchev–Trinajstić information content (AvgIpc) is 2.90. The Bertz CT molecular complexity index is 670. The maximum absolute atomic E-state index is 12.4. The zero-order valence-electron chi connectivity index (χ0n) is 13.9. The van der Waals surface area contributed by atoms with Crippen molar-refractivity contribution in [3.8, 4) is 11.5 Å². The van der Waals surface area contributed by atoms with E-state index in [0.29, 0.717) is 13.1 Å². The predicted molar refractivity (Wildman–Crippen MR) is 85.8 cm³/mol.